The standard InChI is InChI=1S/C14H16N4OS/c19-11-5-9-13-16-17-14(20)18(13)15-10-4-8-12-6-2-1-3-7-12/h1-4,6-8,10,19H,5,9,11H2,(H,17,20)/b8-4+,15-10+. The lowest BCUT2D eigenvalue weighted by atomic mass is 10.2. The Hall–Kier alpha value is -2.05. The summed E-state index contributed by atoms with van der Waals surface area (Å²) in [4.78, 5) is 0. The number of nitrogens with one attached hydrogen (secondary N) is 1. The largest absolute Gasteiger partial charge is 0.396 e. The van der Waals surface area contributed by atoms with Crippen molar-refractivity contribution in [3.8, 4) is 0 Å². The minimum Gasteiger partial charge on any atom is -0.396 e. The zero-order valence-electron chi connectivity index (χ0n) is 10.9. The van der Waals surface area contributed by atoms with Crippen LogP contribution in [0.4, 0.5) is 0 Å². The molecule has 104 valence electrons. The van der Waals surface area contributed by atoms with Gasteiger partial charge in [-0.15, -0.1) is 0 Å². The Bertz CT molecular complexity index is 643. The van der Waals surface area contributed by atoms with Crippen molar-refractivity contribution in [2.45, 2.75) is 12.8 Å². The highest BCUT2D eigenvalue weighted by Gasteiger charge is 2.03. The Morgan fingerprint density at radius 1 is 1.35 bits per heavy atom. The molecule has 0 aliphatic carbocycles. The molecule has 6 heteroatoms. The van der Waals surface area contributed by atoms with Crippen LogP contribution in [-0.4, -0.2) is 32.8 Å². The van der Waals surface area contributed by atoms with Crippen molar-refractivity contribution in [2.24, 2.45) is 5.10 Å². The summed E-state index contributed by atoms with van der Waals surface area (Å²) in [6.45, 7) is 0.122. The van der Waals surface area contributed by atoms with Gasteiger partial charge in [-0.2, -0.15) is 14.9 Å². The second-order valence-electron chi connectivity index (χ2n) is 4.12. The minimum absolute atomic E-state index is 0.122. The molecule has 1 heterocycles. The first kappa shape index (κ1) is 14.4. The summed E-state index contributed by atoms with van der Waals surface area (Å²) in [5, 5.41) is 19.9. The van der Waals surface area contributed by atoms with Crippen LogP contribution in [0.3, 0.4) is 0 Å². The molecule has 0 saturated heterocycles. The van der Waals surface area contributed by atoms with E-state index in [1.54, 1.807) is 10.9 Å². The lowest BCUT2D eigenvalue weighted by molar-refractivity contribution is 0.287. The number of aromatic nitrogens is 3. The van der Waals surface area contributed by atoms with E-state index in [0.717, 1.165) is 5.56 Å². The molecule has 0 aliphatic heterocycles. The zero-order valence-corrected chi connectivity index (χ0v) is 11.8. The normalized spacial score (nSPS) is 11.7. The molecular weight excluding hydrogens is 272 g/mol. The van der Waals surface area contributed by atoms with Crippen molar-refractivity contribution in [1.82, 2.24) is 14.9 Å². The van der Waals surface area contributed by atoms with Crippen molar-refractivity contribution in [3.05, 3.63) is 52.6 Å². The number of hydrogen-bond donors (Lipinski definition) is 2. The molecule has 2 rings (SSSR count). The van der Waals surface area contributed by atoms with Crippen molar-refractivity contribution >= 4 is 24.5 Å². The molecule has 1 aromatic carbocycles. The van der Waals surface area contributed by atoms with Gasteiger partial charge in [-0.05, 0) is 30.3 Å². The Morgan fingerprint density at radius 3 is 2.90 bits per heavy atom. The van der Waals surface area contributed by atoms with Crippen LogP contribution in [-0.2, 0) is 6.42 Å². The van der Waals surface area contributed by atoms with E-state index < -0.39 is 0 Å². The third kappa shape index (κ3) is 3.97. The summed E-state index contributed by atoms with van der Waals surface area (Å²) in [6.07, 6.45) is 6.74. The fourth-order valence-electron chi connectivity index (χ4n) is 1.67. The first-order valence-corrected chi connectivity index (χ1v) is 6.75. The van der Waals surface area contributed by atoms with Crippen LogP contribution >= 0.6 is 12.2 Å². The topological polar surface area (TPSA) is 66.2 Å². The number of aliphatic hydroxyl groups excluding tert-OH is 1. The Morgan fingerprint density at radius 2 is 2.15 bits per heavy atom. The summed E-state index contributed by atoms with van der Waals surface area (Å²) in [5.74, 6) is 0.716. The average Bonchev–Trinajstić information content (AvgIpc) is 2.83. The number of aliphatic hydroxyl groups is 1. The lowest BCUT2D eigenvalue weighted by Crippen LogP contribution is -2.00. The van der Waals surface area contributed by atoms with E-state index in [9.17, 15) is 0 Å². The number of H-pyrrole nitrogens is 1. The van der Waals surface area contributed by atoms with Crippen molar-refractivity contribution < 1.29 is 5.11 Å². The molecule has 0 saturated carbocycles. The van der Waals surface area contributed by atoms with Crippen LogP contribution in [0, 0.1) is 4.77 Å². The van der Waals surface area contributed by atoms with Gasteiger partial charge in [-0.25, -0.2) is 0 Å². The van der Waals surface area contributed by atoms with Gasteiger partial charge in [0.2, 0.25) is 4.77 Å². The van der Waals surface area contributed by atoms with Crippen LogP contribution < -0.4 is 0 Å². The smallest absolute Gasteiger partial charge is 0.216 e. The van der Waals surface area contributed by atoms with E-state index in [0.29, 0.717) is 23.4 Å². The quantitative estimate of drug-likeness (QED) is 0.633. The molecule has 2 N–H and O–H groups in total. The summed E-state index contributed by atoms with van der Waals surface area (Å²) in [7, 11) is 0. The highest BCUT2D eigenvalue weighted by Crippen LogP contribution is 2.02. The van der Waals surface area contributed by atoms with E-state index in [1.165, 1.54) is 0 Å². The SMILES string of the molecule is OCCCc1n[nH]c(=S)n1/N=C/C=C/c1ccccc1. The molecule has 0 spiro atoms. The first-order chi connectivity index (χ1) is 9.81. The molecule has 1 aromatic heterocycles. The summed E-state index contributed by atoms with van der Waals surface area (Å²) >= 11 is 5.11. The van der Waals surface area contributed by atoms with Crippen LogP contribution in [0.5, 0.6) is 0 Å². The molecular formula is C14H16N4OS. The van der Waals surface area contributed by atoms with E-state index in [2.05, 4.69) is 15.3 Å². The fourth-order valence-corrected chi connectivity index (χ4v) is 1.86. The van der Waals surface area contributed by atoms with E-state index in [4.69, 9.17) is 17.3 Å². The Labute approximate surface area is 122 Å². The number of nitrogens with zero attached hydrogens (tertiary/aromatic N) is 3. The zero-order chi connectivity index (χ0) is 14.2. The van der Waals surface area contributed by atoms with Gasteiger partial charge in [0.1, 0.15) is 0 Å². The van der Waals surface area contributed by atoms with Crippen LogP contribution in [0.25, 0.3) is 6.08 Å². The molecule has 0 bridgehead atoms. The van der Waals surface area contributed by atoms with E-state index in [1.807, 2.05) is 42.5 Å². The molecule has 5 nitrogen and oxygen atoms in total. The van der Waals surface area contributed by atoms with Gasteiger partial charge in [0.05, 0.1) is 0 Å². The summed E-state index contributed by atoms with van der Waals surface area (Å²) in [5.41, 5.74) is 1.11. The molecule has 0 fully saturated rings. The second-order valence-corrected chi connectivity index (χ2v) is 4.50. The summed E-state index contributed by atoms with van der Waals surface area (Å²) < 4.78 is 2.02. The highest BCUT2D eigenvalue weighted by atomic mass is 32.1. The van der Waals surface area contributed by atoms with Crippen molar-refractivity contribution in [1.29, 1.82) is 0 Å². The number of aryl methyl sites for hydroxylation is 1. The van der Waals surface area contributed by atoms with Gasteiger partial charge in [0.25, 0.3) is 0 Å². The minimum atomic E-state index is 0.122. The number of allylic oxidation sites excluding steroid dienone is 1. The third-order valence-electron chi connectivity index (χ3n) is 2.63. The van der Waals surface area contributed by atoms with Crippen LogP contribution in [0.1, 0.15) is 17.8 Å². The number of aromatic amines is 1. The average molecular weight is 288 g/mol. The molecule has 0 radical (unpaired) electrons. The van der Waals surface area contributed by atoms with Crippen molar-refractivity contribution in [3.63, 3.8) is 0 Å². The molecule has 0 unspecified atom stereocenters. The van der Waals surface area contributed by atoms with Crippen molar-refractivity contribution in [2.75, 3.05) is 6.61 Å². The maximum absolute atomic E-state index is 8.84. The number of hydrogen-bond acceptors (Lipinski definition) is 4. The predicted molar refractivity (Wildman–Crippen MR) is 82.2 cm³/mol. The van der Waals surface area contributed by atoms with Crippen LogP contribution in [0.15, 0.2) is 41.5 Å². The Balaban J connectivity index is 2.06. The van der Waals surface area contributed by atoms with Gasteiger partial charge in [-0.1, -0.05) is 36.4 Å². The number of benzene rings is 1. The van der Waals surface area contributed by atoms with E-state index >= 15 is 0 Å². The van der Waals surface area contributed by atoms with E-state index in [-0.39, 0.29) is 6.61 Å². The van der Waals surface area contributed by atoms with Gasteiger partial charge in [-0.3, -0.25) is 5.10 Å². The third-order valence-corrected chi connectivity index (χ3v) is 2.90. The van der Waals surface area contributed by atoms with Gasteiger partial charge in [0, 0.05) is 19.2 Å². The van der Waals surface area contributed by atoms with Gasteiger partial charge < -0.3 is 5.11 Å². The maximum Gasteiger partial charge on any atom is 0.216 e. The highest BCUT2D eigenvalue weighted by molar-refractivity contribution is 7.71. The van der Waals surface area contributed by atoms with Gasteiger partial charge in [0.15, 0.2) is 5.82 Å². The fraction of sp³-hybridized carbons (Fsp3) is 0.214. The second kappa shape index (κ2) is 7.52. The molecule has 0 atom stereocenters. The van der Waals surface area contributed by atoms with Crippen LogP contribution in [0.2, 0.25) is 0 Å². The molecule has 20 heavy (non-hydrogen) atoms. The lowest BCUT2D eigenvalue weighted by Gasteiger charge is -1.97. The predicted octanol–water partition coefficient (Wildman–Crippen LogP) is 2.41. The maximum atomic E-state index is 8.84. The number of rotatable bonds is 6. The molecule has 0 aliphatic rings. The monoisotopic (exact) mass is 288 g/mol. The first-order valence-electron chi connectivity index (χ1n) is 6.34. The summed E-state index contributed by atoms with van der Waals surface area (Å²) in [6, 6.07) is 9.97. The van der Waals surface area contributed by atoms with Gasteiger partial charge >= 0.3 is 0 Å². The Kier molecular flexibility index (Phi) is 5.40. The molecule has 2 aromatic rings. The molecule has 0 amide bonds.